The summed E-state index contributed by atoms with van der Waals surface area (Å²) in [5, 5.41) is 3.36. The van der Waals surface area contributed by atoms with Gasteiger partial charge in [-0.2, -0.15) is 0 Å². The average molecular weight is 301 g/mol. The Hall–Kier alpha value is -1.40. The van der Waals surface area contributed by atoms with Gasteiger partial charge in [0, 0.05) is 26.3 Å². The van der Waals surface area contributed by atoms with Crippen LogP contribution in [-0.2, 0) is 16.1 Å². The van der Waals surface area contributed by atoms with Gasteiger partial charge in [-0.15, -0.1) is 0 Å². The number of aromatic nitrogens is 2. The van der Waals surface area contributed by atoms with E-state index < -0.39 is 0 Å². The monoisotopic (exact) mass is 300 g/mol. The highest BCUT2D eigenvalue weighted by atomic mass is 35.5. The predicted octanol–water partition coefficient (Wildman–Crippen LogP) is 1.95. The molecule has 1 atom stereocenters. The fraction of sp³-hybridized carbons (Fsp3) is 0.615. The van der Waals surface area contributed by atoms with Gasteiger partial charge < -0.3 is 15.0 Å². The van der Waals surface area contributed by atoms with Crippen molar-refractivity contribution in [3.63, 3.8) is 0 Å². The van der Waals surface area contributed by atoms with Gasteiger partial charge in [0.25, 0.3) is 0 Å². The molecule has 0 fully saturated rings. The van der Waals surface area contributed by atoms with Crippen LogP contribution in [0.4, 0.5) is 5.82 Å². The molecule has 0 saturated heterocycles. The third-order valence-corrected chi connectivity index (χ3v) is 3.02. The Morgan fingerprint density at radius 1 is 1.45 bits per heavy atom. The van der Waals surface area contributed by atoms with Crippen LogP contribution in [-0.4, -0.2) is 47.0 Å². The van der Waals surface area contributed by atoms with E-state index in [2.05, 4.69) is 15.3 Å². The van der Waals surface area contributed by atoms with Crippen LogP contribution in [0.1, 0.15) is 26.6 Å². The van der Waals surface area contributed by atoms with E-state index in [1.807, 2.05) is 13.8 Å². The van der Waals surface area contributed by atoms with Crippen molar-refractivity contribution in [3.8, 4) is 0 Å². The highest BCUT2D eigenvalue weighted by Gasteiger charge is 2.18. The number of methoxy groups -OCH3 is 1. The second-order valence-electron chi connectivity index (χ2n) is 4.30. The molecule has 7 heteroatoms. The molecule has 1 N–H and O–H groups in total. The lowest BCUT2D eigenvalue weighted by Crippen LogP contribution is -2.41. The molecule has 1 heterocycles. The Bertz CT molecular complexity index is 452. The van der Waals surface area contributed by atoms with Crippen LogP contribution in [0.2, 0.25) is 5.15 Å². The van der Waals surface area contributed by atoms with Crippen LogP contribution in [0, 0.1) is 0 Å². The van der Waals surface area contributed by atoms with Crippen LogP contribution >= 0.6 is 11.6 Å². The standard InChI is InChI=1S/C13H21ClN4O2/c1-5-18(6-2)13(19)9(3)15-11-7-10(14)16-12(17-11)8-20-4/h7,9H,5-6,8H2,1-4H3,(H,15,16,17). The van der Waals surface area contributed by atoms with Gasteiger partial charge in [-0.3, -0.25) is 4.79 Å². The maximum absolute atomic E-state index is 12.2. The second kappa shape index (κ2) is 8.01. The van der Waals surface area contributed by atoms with Crippen molar-refractivity contribution in [2.45, 2.75) is 33.4 Å². The zero-order chi connectivity index (χ0) is 15.1. The van der Waals surface area contributed by atoms with E-state index in [-0.39, 0.29) is 18.6 Å². The normalized spacial score (nSPS) is 12.1. The molecule has 0 saturated carbocycles. The first-order valence-corrected chi connectivity index (χ1v) is 6.97. The second-order valence-corrected chi connectivity index (χ2v) is 4.69. The molecule has 0 aliphatic rings. The minimum atomic E-state index is -0.378. The van der Waals surface area contributed by atoms with Gasteiger partial charge in [0.1, 0.15) is 23.6 Å². The summed E-state index contributed by atoms with van der Waals surface area (Å²) in [7, 11) is 1.56. The topological polar surface area (TPSA) is 67.4 Å². The Morgan fingerprint density at radius 3 is 2.65 bits per heavy atom. The summed E-state index contributed by atoms with van der Waals surface area (Å²) in [4.78, 5) is 22.2. The van der Waals surface area contributed by atoms with Gasteiger partial charge in [0.05, 0.1) is 0 Å². The molecule has 1 aromatic heterocycles. The van der Waals surface area contributed by atoms with Crippen LogP contribution in [0.25, 0.3) is 0 Å². The molecule has 20 heavy (non-hydrogen) atoms. The first kappa shape index (κ1) is 16.7. The number of carbonyl (C=O) groups is 1. The van der Waals surface area contributed by atoms with Gasteiger partial charge >= 0.3 is 0 Å². The maximum Gasteiger partial charge on any atom is 0.244 e. The van der Waals surface area contributed by atoms with E-state index in [1.54, 1.807) is 25.0 Å². The van der Waals surface area contributed by atoms with Gasteiger partial charge in [0.2, 0.25) is 5.91 Å². The van der Waals surface area contributed by atoms with Crippen LogP contribution in [0.15, 0.2) is 6.07 Å². The van der Waals surface area contributed by atoms with E-state index in [4.69, 9.17) is 16.3 Å². The molecule has 1 unspecified atom stereocenters. The van der Waals surface area contributed by atoms with E-state index in [9.17, 15) is 4.79 Å². The largest absolute Gasteiger partial charge is 0.377 e. The molecule has 0 radical (unpaired) electrons. The maximum atomic E-state index is 12.2. The molecule has 0 bridgehead atoms. The smallest absolute Gasteiger partial charge is 0.244 e. The Balaban J connectivity index is 2.79. The van der Waals surface area contributed by atoms with E-state index >= 15 is 0 Å². The number of nitrogens with zero attached hydrogens (tertiary/aromatic N) is 3. The zero-order valence-electron chi connectivity index (χ0n) is 12.3. The fourth-order valence-electron chi connectivity index (χ4n) is 1.82. The van der Waals surface area contributed by atoms with Crippen LogP contribution < -0.4 is 5.32 Å². The summed E-state index contributed by atoms with van der Waals surface area (Å²) < 4.78 is 4.98. The number of ether oxygens (including phenoxy) is 1. The number of nitrogens with one attached hydrogen (secondary N) is 1. The van der Waals surface area contributed by atoms with Crippen molar-refractivity contribution in [1.29, 1.82) is 0 Å². The quantitative estimate of drug-likeness (QED) is 0.780. The Kier molecular flexibility index (Phi) is 6.67. The summed E-state index contributed by atoms with van der Waals surface area (Å²) in [6, 6.07) is 1.21. The number of hydrogen-bond donors (Lipinski definition) is 1. The molecule has 0 aromatic carbocycles. The third kappa shape index (κ3) is 4.61. The van der Waals surface area contributed by atoms with Gasteiger partial charge in [-0.1, -0.05) is 11.6 Å². The minimum Gasteiger partial charge on any atom is -0.377 e. The van der Waals surface area contributed by atoms with E-state index in [0.717, 1.165) is 0 Å². The molecule has 1 rings (SSSR count). The molecule has 1 amide bonds. The summed E-state index contributed by atoms with van der Waals surface area (Å²) in [5.41, 5.74) is 0. The Morgan fingerprint density at radius 2 is 2.10 bits per heavy atom. The SMILES string of the molecule is CCN(CC)C(=O)C(C)Nc1cc(Cl)nc(COC)n1. The molecule has 1 aromatic rings. The molecule has 0 aliphatic carbocycles. The first-order valence-electron chi connectivity index (χ1n) is 6.59. The Labute approximate surface area is 124 Å². The number of rotatable bonds is 7. The summed E-state index contributed by atoms with van der Waals surface area (Å²) in [6.07, 6.45) is 0. The first-order chi connectivity index (χ1) is 9.51. The molecule has 0 spiro atoms. The van der Waals surface area contributed by atoms with Gasteiger partial charge in [0.15, 0.2) is 5.82 Å². The van der Waals surface area contributed by atoms with Gasteiger partial charge in [-0.25, -0.2) is 9.97 Å². The van der Waals surface area contributed by atoms with E-state index in [1.165, 1.54) is 0 Å². The highest BCUT2D eigenvalue weighted by molar-refractivity contribution is 6.29. The molecular weight excluding hydrogens is 280 g/mol. The van der Waals surface area contributed by atoms with Crippen molar-refractivity contribution < 1.29 is 9.53 Å². The lowest BCUT2D eigenvalue weighted by atomic mass is 10.2. The molecule has 112 valence electrons. The molecule has 0 aliphatic heterocycles. The minimum absolute atomic E-state index is 0.0260. The lowest BCUT2D eigenvalue weighted by molar-refractivity contribution is -0.131. The summed E-state index contributed by atoms with van der Waals surface area (Å²) in [6.45, 7) is 7.33. The van der Waals surface area contributed by atoms with Crippen LogP contribution in [0.5, 0.6) is 0 Å². The van der Waals surface area contributed by atoms with Crippen molar-refractivity contribution in [2.75, 3.05) is 25.5 Å². The van der Waals surface area contributed by atoms with Crippen molar-refractivity contribution in [3.05, 3.63) is 17.0 Å². The number of anilines is 1. The number of carbonyl (C=O) groups excluding carboxylic acids is 1. The van der Waals surface area contributed by atoms with Crippen molar-refractivity contribution in [2.24, 2.45) is 0 Å². The molecule has 6 nitrogen and oxygen atoms in total. The molecular formula is C13H21ClN4O2. The number of amides is 1. The average Bonchev–Trinajstić information content (AvgIpc) is 2.39. The summed E-state index contributed by atoms with van der Waals surface area (Å²) >= 11 is 5.92. The zero-order valence-corrected chi connectivity index (χ0v) is 13.1. The number of likely N-dealkylation sites (N-methyl/N-ethyl adjacent to an activating group) is 1. The fourth-order valence-corrected chi connectivity index (χ4v) is 2.03. The van der Waals surface area contributed by atoms with Gasteiger partial charge in [-0.05, 0) is 20.8 Å². The summed E-state index contributed by atoms with van der Waals surface area (Å²) in [5.74, 6) is 1.02. The van der Waals surface area contributed by atoms with Crippen LogP contribution in [0.3, 0.4) is 0 Å². The lowest BCUT2D eigenvalue weighted by Gasteiger charge is -2.23. The van der Waals surface area contributed by atoms with Crippen molar-refractivity contribution in [1.82, 2.24) is 14.9 Å². The predicted molar refractivity (Wildman–Crippen MR) is 78.8 cm³/mol. The van der Waals surface area contributed by atoms with E-state index in [0.29, 0.717) is 29.9 Å². The van der Waals surface area contributed by atoms with Crippen molar-refractivity contribution >= 4 is 23.3 Å². The third-order valence-electron chi connectivity index (χ3n) is 2.82. The number of halogens is 1. The number of hydrogen-bond acceptors (Lipinski definition) is 5. The highest BCUT2D eigenvalue weighted by Crippen LogP contribution is 2.13.